The van der Waals surface area contributed by atoms with Gasteiger partial charge in [-0.2, -0.15) is 5.10 Å². The lowest BCUT2D eigenvalue weighted by molar-refractivity contribution is 0.100. The van der Waals surface area contributed by atoms with Crippen molar-refractivity contribution in [2.24, 2.45) is 5.73 Å². The molecule has 0 bridgehead atoms. The molecule has 2 rings (SSSR count). The number of carbonyl (C=O) groups is 1. The monoisotopic (exact) mass is 292 g/mol. The number of amides is 1. The molecule has 0 radical (unpaired) electrons. The van der Waals surface area contributed by atoms with Gasteiger partial charge in [0.15, 0.2) is 0 Å². The van der Waals surface area contributed by atoms with E-state index in [4.69, 9.17) is 5.73 Å². The predicted molar refractivity (Wildman–Crippen MR) is 80.9 cm³/mol. The van der Waals surface area contributed by atoms with Gasteiger partial charge in [-0.15, -0.1) is 11.3 Å². The van der Waals surface area contributed by atoms with Crippen LogP contribution in [0.1, 0.15) is 33.0 Å². The lowest BCUT2D eigenvalue weighted by Gasteiger charge is -2.05. The second-order valence-electron chi connectivity index (χ2n) is 4.85. The van der Waals surface area contributed by atoms with Gasteiger partial charge in [-0.3, -0.25) is 9.48 Å². The van der Waals surface area contributed by atoms with Crippen LogP contribution in [0.25, 0.3) is 0 Å². The molecule has 5 nitrogen and oxygen atoms in total. The van der Waals surface area contributed by atoms with Crippen molar-refractivity contribution < 1.29 is 4.79 Å². The normalized spacial score (nSPS) is 10.9. The van der Waals surface area contributed by atoms with Crippen LogP contribution in [0.2, 0.25) is 0 Å². The highest BCUT2D eigenvalue weighted by molar-refractivity contribution is 7.10. The quantitative estimate of drug-likeness (QED) is 0.765. The van der Waals surface area contributed by atoms with Crippen molar-refractivity contribution in [1.29, 1.82) is 0 Å². The Kier molecular flexibility index (Phi) is 4.92. The third-order valence-corrected chi connectivity index (χ3v) is 4.00. The number of hydrogen-bond acceptors (Lipinski definition) is 4. The molecule has 108 valence electrons. The molecule has 0 aromatic carbocycles. The van der Waals surface area contributed by atoms with Gasteiger partial charge < -0.3 is 11.1 Å². The summed E-state index contributed by atoms with van der Waals surface area (Å²) in [6.45, 7) is 6.69. The fraction of sp³-hybridized carbons (Fsp3) is 0.429. The van der Waals surface area contributed by atoms with E-state index in [0.29, 0.717) is 5.56 Å². The molecule has 0 saturated carbocycles. The third-order valence-electron chi connectivity index (χ3n) is 3.06. The van der Waals surface area contributed by atoms with E-state index in [0.717, 1.165) is 36.6 Å². The van der Waals surface area contributed by atoms with Crippen molar-refractivity contribution in [2.45, 2.75) is 33.4 Å². The molecular weight excluding hydrogens is 272 g/mol. The van der Waals surface area contributed by atoms with Crippen LogP contribution in [-0.2, 0) is 13.1 Å². The molecule has 0 fully saturated rings. The molecule has 0 aliphatic rings. The van der Waals surface area contributed by atoms with Gasteiger partial charge in [0.25, 0.3) is 0 Å². The Bertz CT molecular complexity index is 588. The number of aromatic nitrogens is 2. The number of hydrogen-bond donors (Lipinski definition) is 2. The van der Waals surface area contributed by atoms with Crippen molar-refractivity contribution in [3.63, 3.8) is 0 Å². The van der Waals surface area contributed by atoms with Gasteiger partial charge in [-0.05, 0) is 38.9 Å². The zero-order chi connectivity index (χ0) is 14.5. The van der Waals surface area contributed by atoms with Crippen molar-refractivity contribution >= 4 is 17.2 Å². The Balaban J connectivity index is 1.68. The van der Waals surface area contributed by atoms with Crippen LogP contribution >= 0.6 is 11.3 Å². The van der Waals surface area contributed by atoms with E-state index in [2.05, 4.69) is 23.4 Å². The van der Waals surface area contributed by atoms with Crippen LogP contribution in [0.15, 0.2) is 17.5 Å². The SMILES string of the molecule is Cc1cc(C)n(CCCNCc2cc(C(N)=O)cs2)n1. The van der Waals surface area contributed by atoms with Gasteiger partial charge in [0, 0.05) is 29.0 Å². The molecule has 2 aromatic rings. The fourth-order valence-corrected chi connectivity index (χ4v) is 2.91. The van der Waals surface area contributed by atoms with E-state index < -0.39 is 0 Å². The number of nitrogens with two attached hydrogens (primary N) is 1. The number of nitrogens with one attached hydrogen (secondary N) is 1. The van der Waals surface area contributed by atoms with Gasteiger partial charge in [0.2, 0.25) is 5.91 Å². The van der Waals surface area contributed by atoms with Crippen LogP contribution < -0.4 is 11.1 Å². The Morgan fingerprint density at radius 3 is 2.85 bits per heavy atom. The summed E-state index contributed by atoms with van der Waals surface area (Å²) in [4.78, 5) is 12.1. The number of primary amides is 1. The summed E-state index contributed by atoms with van der Waals surface area (Å²) in [5, 5.41) is 9.60. The highest BCUT2D eigenvalue weighted by Crippen LogP contribution is 2.13. The van der Waals surface area contributed by atoms with Gasteiger partial charge in [0.1, 0.15) is 0 Å². The molecule has 0 aliphatic heterocycles. The van der Waals surface area contributed by atoms with Crippen LogP contribution in [0, 0.1) is 13.8 Å². The third kappa shape index (κ3) is 3.91. The molecule has 20 heavy (non-hydrogen) atoms. The first kappa shape index (κ1) is 14.7. The minimum atomic E-state index is -0.364. The lowest BCUT2D eigenvalue weighted by Crippen LogP contribution is -2.16. The highest BCUT2D eigenvalue weighted by atomic mass is 32.1. The van der Waals surface area contributed by atoms with Crippen LogP contribution in [-0.4, -0.2) is 22.2 Å². The Morgan fingerprint density at radius 2 is 2.25 bits per heavy atom. The molecule has 1 amide bonds. The molecular formula is C14H20N4OS. The smallest absolute Gasteiger partial charge is 0.249 e. The first-order valence-corrected chi connectivity index (χ1v) is 7.53. The Hall–Kier alpha value is -1.66. The minimum absolute atomic E-state index is 0.364. The van der Waals surface area contributed by atoms with Crippen molar-refractivity contribution in [3.05, 3.63) is 39.3 Å². The molecule has 0 atom stereocenters. The van der Waals surface area contributed by atoms with Crippen molar-refractivity contribution in [1.82, 2.24) is 15.1 Å². The van der Waals surface area contributed by atoms with E-state index in [9.17, 15) is 4.79 Å². The lowest BCUT2D eigenvalue weighted by atomic mass is 10.3. The standard InChI is InChI=1S/C14H20N4OS/c1-10-6-11(2)18(17-10)5-3-4-16-8-13-7-12(9-20-13)14(15)19/h6-7,9,16H,3-5,8H2,1-2H3,(H2,15,19). The fourth-order valence-electron chi connectivity index (χ4n) is 2.07. The summed E-state index contributed by atoms with van der Waals surface area (Å²) >= 11 is 1.56. The summed E-state index contributed by atoms with van der Waals surface area (Å²) in [6, 6.07) is 3.94. The molecule has 0 saturated heterocycles. The van der Waals surface area contributed by atoms with Gasteiger partial charge in [-0.25, -0.2) is 0 Å². The second-order valence-corrected chi connectivity index (χ2v) is 5.84. The number of carbonyl (C=O) groups excluding carboxylic acids is 1. The number of rotatable bonds is 7. The second kappa shape index (κ2) is 6.67. The van der Waals surface area contributed by atoms with E-state index in [-0.39, 0.29) is 5.91 Å². The molecule has 0 spiro atoms. The molecule has 6 heteroatoms. The van der Waals surface area contributed by atoms with E-state index in [1.54, 1.807) is 16.7 Å². The highest BCUT2D eigenvalue weighted by Gasteiger charge is 2.04. The van der Waals surface area contributed by atoms with Gasteiger partial charge in [0.05, 0.1) is 11.3 Å². The van der Waals surface area contributed by atoms with E-state index in [1.165, 1.54) is 5.69 Å². The first-order chi connectivity index (χ1) is 9.56. The number of nitrogens with zero attached hydrogens (tertiary/aromatic N) is 2. The van der Waals surface area contributed by atoms with Gasteiger partial charge in [-0.1, -0.05) is 0 Å². The average molecular weight is 292 g/mol. The molecule has 3 N–H and O–H groups in total. The zero-order valence-electron chi connectivity index (χ0n) is 11.8. The molecule has 0 unspecified atom stereocenters. The minimum Gasteiger partial charge on any atom is -0.366 e. The summed E-state index contributed by atoms with van der Waals surface area (Å²) in [5.74, 6) is -0.364. The largest absolute Gasteiger partial charge is 0.366 e. The van der Waals surface area contributed by atoms with Crippen LogP contribution in [0.5, 0.6) is 0 Å². The predicted octanol–water partition coefficient (Wildman–Crippen LogP) is 1.84. The summed E-state index contributed by atoms with van der Waals surface area (Å²) in [7, 11) is 0. The van der Waals surface area contributed by atoms with E-state index >= 15 is 0 Å². The topological polar surface area (TPSA) is 72.9 Å². The maximum atomic E-state index is 11.0. The van der Waals surface area contributed by atoms with Crippen LogP contribution in [0.3, 0.4) is 0 Å². The van der Waals surface area contributed by atoms with Crippen LogP contribution in [0.4, 0.5) is 0 Å². The van der Waals surface area contributed by atoms with Crippen molar-refractivity contribution in [2.75, 3.05) is 6.54 Å². The van der Waals surface area contributed by atoms with Crippen molar-refractivity contribution in [3.8, 4) is 0 Å². The first-order valence-electron chi connectivity index (χ1n) is 6.65. The summed E-state index contributed by atoms with van der Waals surface area (Å²) in [5.41, 5.74) is 8.08. The maximum absolute atomic E-state index is 11.0. The Labute approximate surface area is 122 Å². The summed E-state index contributed by atoms with van der Waals surface area (Å²) in [6.07, 6.45) is 1.02. The van der Waals surface area contributed by atoms with E-state index in [1.807, 2.05) is 17.7 Å². The maximum Gasteiger partial charge on any atom is 0.249 e. The van der Waals surface area contributed by atoms with Gasteiger partial charge >= 0.3 is 0 Å². The summed E-state index contributed by atoms with van der Waals surface area (Å²) < 4.78 is 2.04. The molecule has 0 aliphatic carbocycles. The number of thiophene rings is 1. The number of aryl methyl sites for hydroxylation is 3. The zero-order valence-corrected chi connectivity index (χ0v) is 12.7. The molecule has 2 heterocycles. The molecule has 2 aromatic heterocycles. The Morgan fingerprint density at radius 1 is 1.45 bits per heavy atom. The average Bonchev–Trinajstić information content (AvgIpc) is 2.96.